The Morgan fingerprint density at radius 2 is 1.47 bits per heavy atom. The number of hydrogen-bond donors (Lipinski definition) is 1. The van der Waals surface area contributed by atoms with Crippen LogP contribution in [-0.2, 0) is 20.2 Å². The molecule has 0 spiro atoms. The molecule has 8 heteroatoms. The average Bonchev–Trinajstić information content (AvgIpc) is 2.16. The average molecular weight is 278 g/mol. The fraction of sp³-hybridized carbons (Fsp3) is 0.333. The third-order valence-corrected chi connectivity index (χ3v) is 5.60. The molecule has 0 aliphatic heterocycles. The molecule has 0 saturated heterocycles. The molecule has 1 rings (SSSR count). The van der Waals surface area contributed by atoms with Crippen LogP contribution in [0.4, 0.5) is 0 Å². The van der Waals surface area contributed by atoms with Gasteiger partial charge in [-0.1, -0.05) is 21.8 Å². The van der Waals surface area contributed by atoms with Crippen LogP contribution in [-0.4, -0.2) is 35.2 Å². The number of hydrogen-bond acceptors (Lipinski definition) is 4. The second-order valence-corrected chi connectivity index (χ2v) is 7.51. The minimum absolute atomic E-state index is 0.0893. The van der Waals surface area contributed by atoms with Crippen molar-refractivity contribution in [2.24, 2.45) is 0 Å². The highest BCUT2D eigenvalue weighted by atomic mass is 32.3. The summed E-state index contributed by atoms with van der Waals surface area (Å²) in [6.45, 7) is 1.81. The number of nitrogens with one attached hydrogen (secondary N) is 1. The smallest absolute Gasteiger partial charge is 0.206 e. The van der Waals surface area contributed by atoms with Crippen molar-refractivity contribution < 1.29 is 16.8 Å². The Morgan fingerprint density at radius 1 is 1.00 bits per heavy atom. The van der Waals surface area contributed by atoms with Gasteiger partial charge in [0.2, 0.25) is 0 Å². The fourth-order valence-corrected chi connectivity index (χ4v) is 3.56. The summed E-state index contributed by atoms with van der Waals surface area (Å²) in [5.74, 6) is 0. The van der Waals surface area contributed by atoms with Crippen molar-refractivity contribution in [3.05, 3.63) is 29.8 Å². The minimum Gasteiger partial charge on any atom is -0.206 e. The molecule has 0 aliphatic rings. The normalized spacial score (nSPS) is 12.9. The second kappa shape index (κ2) is 4.73. The zero-order valence-corrected chi connectivity index (χ0v) is 11.3. The van der Waals surface area contributed by atoms with Crippen LogP contribution < -0.4 is 4.13 Å². The largest absolute Gasteiger partial charge is 0.292 e. The van der Waals surface area contributed by atoms with E-state index in [0.717, 1.165) is 9.87 Å². The summed E-state index contributed by atoms with van der Waals surface area (Å²) in [6, 6.07) is 5.89. The van der Waals surface area contributed by atoms with Gasteiger partial charge in [-0.05, 0) is 19.1 Å². The van der Waals surface area contributed by atoms with E-state index in [2.05, 4.69) is 0 Å². The zero-order valence-electron chi connectivity index (χ0n) is 9.71. The quantitative estimate of drug-likeness (QED) is 0.845. The molecule has 0 bridgehead atoms. The Bertz CT molecular complexity index is 588. The van der Waals surface area contributed by atoms with Crippen molar-refractivity contribution >= 4 is 20.2 Å². The van der Waals surface area contributed by atoms with Gasteiger partial charge < -0.3 is 0 Å². The van der Waals surface area contributed by atoms with Crippen molar-refractivity contribution in [2.75, 3.05) is 14.1 Å². The molecule has 96 valence electrons. The first-order chi connectivity index (χ1) is 7.65. The second-order valence-electron chi connectivity index (χ2n) is 3.69. The summed E-state index contributed by atoms with van der Waals surface area (Å²) in [5.41, 5.74) is 0.888. The van der Waals surface area contributed by atoms with E-state index in [0.29, 0.717) is 0 Å². The SMILES string of the molecule is Cc1ccc(S(=O)(=O)NS(=O)(=O)N(C)C)cc1. The lowest BCUT2D eigenvalue weighted by molar-refractivity contribution is 0.514. The Labute approximate surface area is 101 Å². The van der Waals surface area contributed by atoms with Gasteiger partial charge in [0, 0.05) is 14.1 Å². The van der Waals surface area contributed by atoms with Crippen LogP contribution in [0.25, 0.3) is 0 Å². The molecule has 0 fully saturated rings. The third kappa shape index (κ3) is 3.50. The van der Waals surface area contributed by atoms with E-state index in [-0.39, 0.29) is 4.90 Å². The molecule has 0 heterocycles. The molecule has 0 aliphatic carbocycles. The van der Waals surface area contributed by atoms with Crippen molar-refractivity contribution in [2.45, 2.75) is 11.8 Å². The molecule has 1 aromatic carbocycles. The van der Waals surface area contributed by atoms with Crippen LogP contribution in [0.15, 0.2) is 29.2 Å². The number of rotatable bonds is 4. The molecule has 0 amide bonds. The molecule has 1 aromatic rings. The molecule has 0 atom stereocenters. The van der Waals surface area contributed by atoms with Gasteiger partial charge in [-0.15, -0.1) is 0 Å². The molecular weight excluding hydrogens is 264 g/mol. The summed E-state index contributed by atoms with van der Waals surface area (Å²) < 4.78 is 48.8. The highest BCUT2D eigenvalue weighted by Gasteiger charge is 2.24. The zero-order chi connectivity index (χ0) is 13.3. The molecule has 1 N–H and O–H groups in total. The number of aryl methyl sites for hydroxylation is 1. The molecule has 6 nitrogen and oxygen atoms in total. The highest BCUT2D eigenvalue weighted by molar-refractivity contribution is 8.03. The maximum absolute atomic E-state index is 11.7. The van der Waals surface area contributed by atoms with E-state index in [1.165, 1.54) is 26.2 Å². The summed E-state index contributed by atoms with van der Waals surface area (Å²) in [6.07, 6.45) is 0. The van der Waals surface area contributed by atoms with Gasteiger partial charge in [-0.2, -0.15) is 12.7 Å². The Morgan fingerprint density at radius 3 is 1.88 bits per heavy atom. The summed E-state index contributed by atoms with van der Waals surface area (Å²) in [5, 5.41) is 0. The highest BCUT2D eigenvalue weighted by Crippen LogP contribution is 2.11. The van der Waals surface area contributed by atoms with Gasteiger partial charge in [-0.25, -0.2) is 8.42 Å². The van der Waals surface area contributed by atoms with Crippen LogP contribution in [0.1, 0.15) is 5.56 Å². The van der Waals surface area contributed by atoms with Gasteiger partial charge >= 0.3 is 0 Å². The number of benzene rings is 1. The topological polar surface area (TPSA) is 83.5 Å². The maximum atomic E-state index is 11.7. The van der Waals surface area contributed by atoms with Gasteiger partial charge in [0.1, 0.15) is 0 Å². The molecule has 0 aromatic heterocycles. The lowest BCUT2D eigenvalue weighted by Gasteiger charge is -2.12. The Kier molecular flexibility index (Phi) is 3.92. The molecule has 0 saturated carbocycles. The van der Waals surface area contributed by atoms with E-state index < -0.39 is 20.2 Å². The monoisotopic (exact) mass is 278 g/mol. The van der Waals surface area contributed by atoms with Crippen LogP contribution in [0.2, 0.25) is 0 Å². The van der Waals surface area contributed by atoms with Gasteiger partial charge in [0.05, 0.1) is 4.90 Å². The van der Waals surface area contributed by atoms with Crippen molar-refractivity contribution in [3.63, 3.8) is 0 Å². The minimum atomic E-state index is -4.06. The van der Waals surface area contributed by atoms with Gasteiger partial charge in [-0.3, -0.25) is 0 Å². The Balaban J connectivity index is 3.10. The first kappa shape index (κ1) is 14.1. The van der Waals surface area contributed by atoms with E-state index in [9.17, 15) is 16.8 Å². The predicted molar refractivity (Wildman–Crippen MR) is 64.1 cm³/mol. The predicted octanol–water partition coefficient (Wildman–Crippen LogP) is 0.0797. The molecule has 0 unspecified atom stereocenters. The van der Waals surface area contributed by atoms with Gasteiger partial charge in [0.15, 0.2) is 0 Å². The van der Waals surface area contributed by atoms with Crippen molar-refractivity contribution in [3.8, 4) is 0 Å². The first-order valence-electron chi connectivity index (χ1n) is 4.68. The summed E-state index contributed by atoms with van der Waals surface area (Å²) >= 11 is 0. The van der Waals surface area contributed by atoms with Crippen molar-refractivity contribution in [1.82, 2.24) is 8.43 Å². The fourth-order valence-electron chi connectivity index (χ4n) is 0.979. The molecule has 17 heavy (non-hydrogen) atoms. The molecule has 0 radical (unpaired) electrons. The van der Waals surface area contributed by atoms with E-state index >= 15 is 0 Å². The maximum Gasteiger partial charge on any atom is 0.292 e. The summed E-state index contributed by atoms with van der Waals surface area (Å²) in [7, 11) is -5.59. The Hall–Kier alpha value is -0.960. The molecular formula is C9H14N2O4S2. The van der Waals surface area contributed by atoms with E-state index in [1.807, 2.05) is 0 Å². The van der Waals surface area contributed by atoms with Crippen LogP contribution in [0.5, 0.6) is 0 Å². The summed E-state index contributed by atoms with van der Waals surface area (Å²) in [4.78, 5) is -0.0893. The third-order valence-electron chi connectivity index (χ3n) is 2.03. The van der Waals surface area contributed by atoms with E-state index in [4.69, 9.17) is 0 Å². The standard InChI is InChI=1S/C9H14N2O4S2/c1-8-4-6-9(7-5-8)16(12,13)10-17(14,15)11(2)3/h4-7,10H,1-3H3. The lowest BCUT2D eigenvalue weighted by Crippen LogP contribution is -2.39. The number of nitrogens with zero attached hydrogens (tertiary/aromatic N) is 1. The van der Waals surface area contributed by atoms with Crippen LogP contribution in [0.3, 0.4) is 0 Å². The van der Waals surface area contributed by atoms with E-state index in [1.54, 1.807) is 23.2 Å². The number of sulfonamides is 1. The van der Waals surface area contributed by atoms with Crippen molar-refractivity contribution in [1.29, 1.82) is 0 Å². The van der Waals surface area contributed by atoms with Crippen LogP contribution >= 0.6 is 0 Å². The first-order valence-corrected chi connectivity index (χ1v) is 7.60. The van der Waals surface area contributed by atoms with Crippen LogP contribution in [0, 0.1) is 6.92 Å². The van der Waals surface area contributed by atoms with Gasteiger partial charge in [0.25, 0.3) is 20.2 Å². The lowest BCUT2D eigenvalue weighted by atomic mass is 10.2.